The first-order valence-electron chi connectivity index (χ1n) is 10.5. The van der Waals surface area contributed by atoms with Gasteiger partial charge in [0.05, 0.1) is 12.0 Å². The summed E-state index contributed by atoms with van der Waals surface area (Å²) in [6, 6.07) is 15.2. The van der Waals surface area contributed by atoms with Crippen LogP contribution in [-0.4, -0.2) is 47.8 Å². The lowest BCUT2D eigenvalue weighted by Crippen LogP contribution is -2.31. The molecule has 0 spiro atoms. The second-order valence-electron chi connectivity index (χ2n) is 7.12. The number of benzene rings is 2. The minimum atomic E-state index is -0.174. The summed E-state index contributed by atoms with van der Waals surface area (Å²) in [6.07, 6.45) is 1.97. The van der Waals surface area contributed by atoms with Crippen molar-refractivity contribution in [3.8, 4) is 5.75 Å². The third-order valence-electron chi connectivity index (χ3n) is 5.13. The molecule has 1 saturated heterocycles. The molecular formula is C24H27N3O3S2. The van der Waals surface area contributed by atoms with Crippen molar-refractivity contribution in [1.29, 1.82) is 0 Å². The van der Waals surface area contributed by atoms with Gasteiger partial charge in [0.2, 0.25) is 5.91 Å². The smallest absolute Gasteiger partial charge is 0.266 e. The number of rotatable bonds is 9. The molecule has 8 heteroatoms. The fraction of sp³-hybridized carbons (Fsp3) is 0.292. The van der Waals surface area contributed by atoms with Gasteiger partial charge in [-0.15, -0.1) is 0 Å². The Morgan fingerprint density at radius 3 is 2.38 bits per heavy atom. The molecule has 0 unspecified atom stereocenters. The van der Waals surface area contributed by atoms with Crippen LogP contribution in [0.5, 0.6) is 5.75 Å². The van der Waals surface area contributed by atoms with Gasteiger partial charge in [0, 0.05) is 37.4 Å². The predicted octanol–water partition coefficient (Wildman–Crippen LogP) is 4.77. The number of methoxy groups -OCH3 is 1. The lowest BCUT2D eigenvalue weighted by Gasteiger charge is -2.21. The number of carbonyl (C=O) groups is 2. The van der Waals surface area contributed by atoms with Crippen molar-refractivity contribution < 1.29 is 14.3 Å². The molecule has 1 aliphatic heterocycles. The number of nitrogens with zero attached hydrogens (tertiary/aromatic N) is 2. The highest BCUT2D eigenvalue weighted by molar-refractivity contribution is 8.26. The minimum Gasteiger partial charge on any atom is -0.497 e. The van der Waals surface area contributed by atoms with E-state index in [1.54, 1.807) is 13.2 Å². The third kappa shape index (κ3) is 5.89. The summed E-state index contributed by atoms with van der Waals surface area (Å²) in [5, 5.41) is 2.89. The van der Waals surface area contributed by atoms with Crippen LogP contribution in [0.4, 0.5) is 11.4 Å². The quantitative estimate of drug-likeness (QED) is 0.422. The number of nitrogens with one attached hydrogen (secondary N) is 1. The van der Waals surface area contributed by atoms with E-state index < -0.39 is 0 Å². The van der Waals surface area contributed by atoms with Crippen LogP contribution >= 0.6 is 24.0 Å². The van der Waals surface area contributed by atoms with E-state index in [0.717, 1.165) is 35.8 Å². The van der Waals surface area contributed by atoms with E-state index in [2.05, 4.69) is 24.1 Å². The lowest BCUT2D eigenvalue weighted by molar-refractivity contribution is -0.122. The molecule has 0 atom stereocenters. The van der Waals surface area contributed by atoms with Crippen LogP contribution in [0.25, 0.3) is 6.08 Å². The molecule has 6 nitrogen and oxygen atoms in total. The summed E-state index contributed by atoms with van der Waals surface area (Å²) in [6.45, 7) is 6.32. The molecule has 1 aliphatic rings. The Balaban J connectivity index is 1.55. The summed E-state index contributed by atoms with van der Waals surface area (Å²) >= 11 is 6.62. The molecule has 32 heavy (non-hydrogen) atoms. The lowest BCUT2D eigenvalue weighted by atomic mass is 10.2. The fourth-order valence-corrected chi connectivity index (χ4v) is 4.63. The Morgan fingerprint density at radius 1 is 1.12 bits per heavy atom. The van der Waals surface area contributed by atoms with Crippen molar-refractivity contribution in [2.24, 2.45) is 0 Å². The number of hydrogen-bond acceptors (Lipinski definition) is 6. The molecule has 0 saturated carbocycles. The number of carbonyl (C=O) groups excluding carboxylic acids is 2. The monoisotopic (exact) mass is 469 g/mol. The van der Waals surface area contributed by atoms with E-state index in [1.165, 1.54) is 16.7 Å². The first-order valence-corrected chi connectivity index (χ1v) is 11.7. The molecule has 2 amide bonds. The summed E-state index contributed by atoms with van der Waals surface area (Å²) in [5.74, 6) is 0.421. The Hall–Kier alpha value is -2.84. The third-order valence-corrected chi connectivity index (χ3v) is 6.51. The van der Waals surface area contributed by atoms with Gasteiger partial charge in [-0.25, -0.2) is 0 Å². The van der Waals surface area contributed by atoms with Crippen LogP contribution < -0.4 is 15.0 Å². The van der Waals surface area contributed by atoms with Gasteiger partial charge >= 0.3 is 0 Å². The Kier molecular flexibility index (Phi) is 8.30. The highest BCUT2D eigenvalue weighted by Gasteiger charge is 2.32. The fourth-order valence-electron chi connectivity index (χ4n) is 3.33. The minimum absolute atomic E-state index is 0.159. The normalized spacial score (nSPS) is 14.7. The molecular weight excluding hydrogens is 442 g/mol. The largest absolute Gasteiger partial charge is 0.497 e. The number of thioether (sulfide) groups is 1. The highest BCUT2D eigenvalue weighted by Crippen LogP contribution is 2.33. The first-order chi connectivity index (χ1) is 15.4. The number of amides is 2. The molecule has 1 N–H and O–H groups in total. The van der Waals surface area contributed by atoms with E-state index >= 15 is 0 Å². The molecule has 0 radical (unpaired) electrons. The van der Waals surface area contributed by atoms with Gasteiger partial charge in [-0.3, -0.25) is 14.5 Å². The Labute approximate surface area is 198 Å². The highest BCUT2D eigenvalue weighted by atomic mass is 32.2. The molecule has 2 aromatic carbocycles. The van der Waals surface area contributed by atoms with Crippen molar-refractivity contribution in [1.82, 2.24) is 4.90 Å². The zero-order valence-electron chi connectivity index (χ0n) is 18.5. The van der Waals surface area contributed by atoms with Crippen LogP contribution in [0.2, 0.25) is 0 Å². The number of ether oxygens (including phenoxy) is 1. The van der Waals surface area contributed by atoms with Gasteiger partial charge in [-0.05, 0) is 61.9 Å². The second-order valence-corrected chi connectivity index (χ2v) is 8.80. The van der Waals surface area contributed by atoms with Gasteiger partial charge in [-0.2, -0.15) is 0 Å². The molecule has 2 aromatic rings. The second kappa shape index (κ2) is 11.2. The SMILES string of the molecule is CCN(CC)c1ccc(NC(=O)CCN2C(=O)C(=Cc3ccc(OC)cc3)SC2=S)cc1. The van der Waals surface area contributed by atoms with Gasteiger partial charge in [0.1, 0.15) is 10.1 Å². The summed E-state index contributed by atoms with van der Waals surface area (Å²) in [7, 11) is 1.61. The number of thiocarbonyl (C=S) groups is 1. The first kappa shape index (κ1) is 23.8. The van der Waals surface area contributed by atoms with E-state index in [1.807, 2.05) is 48.5 Å². The molecule has 168 valence electrons. The van der Waals surface area contributed by atoms with Crippen LogP contribution in [0, 0.1) is 0 Å². The van der Waals surface area contributed by atoms with Gasteiger partial charge in [0.15, 0.2) is 0 Å². The van der Waals surface area contributed by atoms with E-state index in [0.29, 0.717) is 9.23 Å². The summed E-state index contributed by atoms with van der Waals surface area (Å²) in [5.41, 5.74) is 2.74. The molecule has 1 fully saturated rings. The molecule has 0 aromatic heterocycles. The molecule has 0 bridgehead atoms. The van der Waals surface area contributed by atoms with Crippen molar-refractivity contribution in [3.05, 3.63) is 59.0 Å². The zero-order chi connectivity index (χ0) is 23.1. The van der Waals surface area contributed by atoms with Gasteiger partial charge in [0.25, 0.3) is 5.91 Å². The maximum atomic E-state index is 12.8. The van der Waals surface area contributed by atoms with Crippen molar-refractivity contribution in [2.75, 3.05) is 37.0 Å². The average Bonchev–Trinajstić information content (AvgIpc) is 3.07. The molecule has 0 aliphatic carbocycles. The van der Waals surface area contributed by atoms with Crippen LogP contribution in [-0.2, 0) is 9.59 Å². The summed E-state index contributed by atoms with van der Waals surface area (Å²) < 4.78 is 5.62. The molecule has 1 heterocycles. The Bertz CT molecular complexity index is 1000. The van der Waals surface area contributed by atoms with E-state index in [4.69, 9.17) is 17.0 Å². The maximum Gasteiger partial charge on any atom is 0.266 e. The summed E-state index contributed by atoms with van der Waals surface area (Å²) in [4.78, 5) is 29.4. The van der Waals surface area contributed by atoms with E-state index in [9.17, 15) is 9.59 Å². The standard InChI is InChI=1S/C24H27N3O3S2/c1-4-26(5-2)19-10-8-18(9-11-19)25-22(28)14-15-27-23(29)21(32-24(27)31)16-17-6-12-20(30-3)13-7-17/h6-13,16H,4-5,14-15H2,1-3H3,(H,25,28). The van der Waals surface area contributed by atoms with Crippen molar-refractivity contribution in [3.63, 3.8) is 0 Å². The zero-order valence-corrected chi connectivity index (χ0v) is 20.1. The molecule has 3 rings (SSSR count). The van der Waals surface area contributed by atoms with Crippen LogP contribution in [0.3, 0.4) is 0 Å². The van der Waals surface area contributed by atoms with Crippen LogP contribution in [0.15, 0.2) is 53.4 Å². The topological polar surface area (TPSA) is 61.9 Å². The van der Waals surface area contributed by atoms with Gasteiger partial charge in [-0.1, -0.05) is 36.1 Å². The van der Waals surface area contributed by atoms with E-state index in [-0.39, 0.29) is 24.8 Å². The van der Waals surface area contributed by atoms with Crippen LogP contribution in [0.1, 0.15) is 25.8 Å². The number of hydrogen-bond donors (Lipinski definition) is 1. The van der Waals surface area contributed by atoms with Crippen molar-refractivity contribution in [2.45, 2.75) is 20.3 Å². The average molecular weight is 470 g/mol. The van der Waals surface area contributed by atoms with Gasteiger partial charge < -0.3 is 15.0 Å². The maximum absolute atomic E-state index is 12.8. The van der Waals surface area contributed by atoms with Crippen molar-refractivity contribution >= 4 is 57.6 Å². The Morgan fingerprint density at radius 2 is 1.78 bits per heavy atom. The predicted molar refractivity (Wildman–Crippen MR) is 136 cm³/mol. The number of anilines is 2.